The highest BCUT2D eigenvalue weighted by molar-refractivity contribution is 4.93. The summed E-state index contributed by atoms with van der Waals surface area (Å²) in [4.78, 5) is 6.64. The van der Waals surface area contributed by atoms with Crippen molar-refractivity contribution in [3.8, 4) is 0 Å². The maximum absolute atomic E-state index is 9.67. The Kier molecular flexibility index (Phi) is 6.17. The van der Waals surface area contributed by atoms with Crippen molar-refractivity contribution in [3.05, 3.63) is 18.2 Å². The van der Waals surface area contributed by atoms with Crippen LogP contribution in [0.4, 0.5) is 0 Å². The molecule has 0 saturated heterocycles. The molecule has 20 heavy (non-hydrogen) atoms. The topological polar surface area (TPSA) is 53.3 Å². The lowest BCUT2D eigenvalue weighted by atomic mass is 9.93. The van der Waals surface area contributed by atoms with E-state index in [0.29, 0.717) is 12.1 Å². The fourth-order valence-corrected chi connectivity index (χ4v) is 2.60. The minimum absolute atomic E-state index is 0.145. The summed E-state index contributed by atoms with van der Waals surface area (Å²) >= 11 is 0. The molecule has 1 aromatic rings. The summed E-state index contributed by atoms with van der Waals surface area (Å²) in [6.07, 6.45) is 4.68. The van der Waals surface area contributed by atoms with Gasteiger partial charge in [0.05, 0.1) is 13.2 Å². The fraction of sp³-hybridized carbons (Fsp3) is 0.800. The van der Waals surface area contributed by atoms with Crippen LogP contribution >= 0.6 is 0 Å². The molecule has 1 aromatic heterocycles. The lowest BCUT2D eigenvalue weighted by Gasteiger charge is -2.36. The third-order valence-corrected chi connectivity index (χ3v) is 3.80. The Morgan fingerprint density at radius 3 is 2.55 bits per heavy atom. The molecule has 1 rings (SSSR count). The van der Waals surface area contributed by atoms with Crippen molar-refractivity contribution in [2.75, 3.05) is 13.7 Å². The molecule has 5 heteroatoms. The van der Waals surface area contributed by atoms with Crippen LogP contribution in [-0.2, 0) is 13.6 Å². The van der Waals surface area contributed by atoms with E-state index in [2.05, 4.69) is 49.9 Å². The van der Waals surface area contributed by atoms with E-state index < -0.39 is 0 Å². The Bertz CT molecular complexity index is 404. The zero-order valence-electron chi connectivity index (χ0n) is 13.7. The molecule has 0 radical (unpaired) electrons. The average molecular weight is 282 g/mol. The number of aryl methyl sites for hydroxylation is 1. The van der Waals surface area contributed by atoms with Crippen LogP contribution in [0.15, 0.2) is 12.4 Å². The second kappa shape index (κ2) is 7.20. The van der Waals surface area contributed by atoms with Crippen LogP contribution in [0.2, 0.25) is 0 Å². The molecule has 116 valence electrons. The molecule has 0 amide bonds. The summed E-state index contributed by atoms with van der Waals surface area (Å²) in [6.45, 7) is 9.45. The van der Waals surface area contributed by atoms with Gasteiger partial charge in [-0.25, -0.2) is 4.98 Å². The van der Waals surface area contributed by atoms with Crippen LogP contribution in [0.1, 0.15) is 39.9 Å². The lowest BCUT2D eigenvalue weighted by Crippen LogP contribution is -2.52. The number of aliphatic hydroxyl groups excluding tert-OH is 1. The predicted octanol–water partition coefficient (Wildman–Crippen LogP) is 1.38. The van der Waals surface area contributed by atoms with E-state index >= 15 is 0 Å². The fourth-order valence-electron chi connectivity index (χ4n) is 2.60. The van der Waals surface area contributed by atoms with Gasteiger partial charge in [-0.05, 0) is 27.3 Å². The van der Waals surface area contributed by atoms with Crippen molar-refractivity contribution >= 4 is 0 Å². The van der Waals surface area contributed by atoms with Crippen molar-refractivity contribution in [1.29, 1.82) is 0 Å². The summed E-state index contributed by atoms with van der Waals surface area (Å²) in [6, 6.07) is 0.717. The van der Waals surface area contributed by atoms with Crippen LogP contribution in [0.5, 0.6) is 0 Å². The molecule has 0 aliphatic heterocycles. The molecule has 2 unspecified atom stereocenters. The molecule has 0 spiro atoms. The van der Waals surface area contributed by atoms with Gasteiger partial charge in [0, 0.05) is 37.1 Å². The number of hydrogen-bond acceptors (Lipinski definition) is 4. The van der Waals surface area contributed by atoms with Gasteiger partial charge < -0.3 is 15.0 Å². The van der Waals surface area contributed by atoms with Crippen LogP contribution in [0.3, 0.4) is 0 Å². The second-order valence-corrected chi connectivity index (χ2v) is 6.44. The van der Waals surface area contributed by atoms with Gasteiger partial charge in [0.1, 0.15) is 5.82 Å². The number of aromatic nitrogens is 2. The van der Waals surface area contributed by atoms with Crippen molar-refractivity contribution in [2.45, 2.75) is 58.3 Å². The first-order chi connectivity index (χ1) is 9.27. The first-order valence-electron chi connectivity index (χ1n) is 7.32. The highest BCUT2D eigenvalue weighted by Crippen LogP contribution is 2.17. The van der Waals surface area contributed by atoms with E-state index in [1.54, 1.807) is 0 Å². The minimum atomic E-state index is -0.247. The molecular formula is C15H30N4O. The number of nitrogens with zero attached hydrogens (tertiary/aromatic N) is 3. The predicted molar refractivity (Wildman–Crippen MR) is 82.5 cm³/mol. The van der Waals surface area contributed by atoms with Crippen LogP contribution < -0.4 is 5.32 Å². The van der Waals surface area contributed by atoms with E-state index in [-0.39, 0.29) is 12.1 Å². The van der Waals surface area contributed by atoms with Crippen molar-refractivity contribution in [1.82, 2.24) is 19.8 Å². The molecule has 2 atom stereocenters. The zero-order chi connectivity index (χ0) is 15.3. The third kappa shape index (κ3) is 4.89. The first-order valence-corrected chi connectivity index (χ1v) is 7.32. The van der Waals surface area contributed by atoms with E-state index in [0.717, 1.165) is 18.8 Å². The second-order valence-electron chi connectivity index (χ2n) is 6.44. The monoisotopic (exact) mass is 282 g/mol. The van der Waals surface area contributed by atoms with Gasteiger partial charge in [-0.15, -0.1) is 0 Å². The largest absolute Gasteiger partial charge is 0.394 e. The Balaban J connectivity index is 2.60. The molecular weight excluding hydrogens is 252 g/mol. The molecule has 0 aromatic carbocycles. The number of rotatable bonds is 8. The van der Waals surface area contributed by atoms with Gasteiger partial charge in [0.2, 0.25) is 0 Å². The van der Waals surface area contributed by atoms with Gasteiger partial charge in [-0.2, -0.15) is 0 Å². The Morgan fingerprint density at radius 1 is 1.45 bits per heavy atom. The van der Waals surface area contributed by atoms with Gasteiger partial charge in [0.25, 0.3) is 0 Å². The minimum Gasteiger partial charge on any atom is -0.394 e. The Morgan fingerprint density at radius 2 is 2.10 bits per heavy atom. The van der Waals surface area contributed by atoms with Crippen LogP contribution in [0.25, 0.3) is 0 Å². The van der Waals surface area contributed by atoms with E-state index in [4.69, 9.17) is 0 Å². The highest BCUT2D eigenvalue weighted by atomic mass is 16.3. The van der Waals surface area contributed by atoms with Crippen LogP contribution in [-0.4, -0.2) is 50.8 Å². The molecule has 5 nitrogen and oxygen atoms in total. The maximum atomic E-state index is 9.67. The quantitative estimate of drug-likeness (QED) is 0.756. The normalized spacial score (nSPS) is 16.6. The van der Waals surface area contributed by atoms with E-state index in [1.807, 2.05) is 24.0 Å². The first kappa shape index (κ1) is 17.1. The summed E-state index contributed by atoms with van der Waals surface area (Å²) in [7, 11) is 4.12. The molecule has 0 saturated carbocycles. The Labute approximate surface area is 123 Å². The zero-order valence-corrected chi connectivity index (χ0v) is 13.7. The van der Waals surface area contributed by atoms with Gasteiger partial charge >= 0.3 is 0 Å². The molecule has 0 bridgehead atoms. The SMILES string of the molecule is CC(C)NC(C)(CO)CC(C)N(C)Cc1nccn1C. The van der Waals surface area contributed by atoms with Crippen molar-refractivity contribution < 1.29 is 5.11 Å². The molecule has 0 aliphatic rings. The van der Waals surface area contributed by atoms with Crippen LogP contribution in [0, 0.1) is 0 Å². The summed E-state index contributed by atoms with van der Waals surface area (Å²) in [5, 5.41) is 13.1. The number of imidazole rings is 1. The molecule has 0 fully saturated rings. The Hall–Kier alpha value is -0.910. The molecule has 2 N–H and O–H groups in total. The summed E-state index contributed by atoms with van der Waals surface area (Å²) < 4.78 is 2.04. The standard InChI is InChI=1S/C15H30N4O/c1-12(2)17-15(4,11-20)9-13(3)19(6)10-14-16-7-8-18(14)5/h7-8,12-13,17,20H,9-11H2,1-6H3. The van der Waals surface area contributed by atoms with Gasteiger partial charge in [-0.1, -0.05) is 13.8 Å². The van der Waals surface area contributed by atoms with Crippen molar-refractivity contribution in [2.24, 2.45) is 7.05 Å². The van der Waals surface area contributed by atoms with E-state index in [9.17, 15) is 5.11 Å². The number of nitrogens with one attached hydrogen (secondary N) is 1. The number of hydrogen-bond donors (Lipinski definition) is 2. The summed E-state index contributed by atoms with van der Waals surface area (Å²) in [5.74, 6) is 1.06. The average Bonchev–Trinajstić information content (AvgIpc) is 2.73. The smallest absolute Gasteiger partial charge is 0.122 e. The number of aliphatic hydroxyl groups is 1. The third-order valence-electron chi connectivity index (χ3n) is 3.80. The summed E-state index contributed by atoms with van der Waals surface area (Å²) in [5.41, 5.74) is -0.247. The maximum Gasteiger partial charge on any atom is 0.122 e. The lowest BCUT2D eigenvalue weighted by molar-refractivity contribution is 0.116. The van der Waals surface area contributed by atoms with Crippen molar-refractivity contribution in [3.63, 3.8) is 0 Å². The van der Waals surface area contributed by atoms with E-state index in [1.165, 1.54) is 0 Å². The molecule has 0 aliphatic carbocycles. The highest BCUT2D eigenvalue weighted by Gasteiger charge is 2.28. The molecule has 1 heterocycles. The van der Waals surface area contributed by atoms with Gasteiger partial charge in [0.15, 0.2) is 0 Å². The van der Waals surface area contributed by atoms with Gasteiger partial charge in [-0.3, -0.25) is 4.90 Å².